The number of nitrogen functional groups attached to an aromatic ring is 1. The molecule has 4 heteroatoms. The Kier molecular flexibility index (Phi) is 3.57. The molecule has 0 aliphatic heterocycles. The lowest BCUT2D eigenvalue weighted by Crippen LogP contribution is -2.29. The summed E-state index contributed by atoms with van der Waals surface area (Å²) in [5.41, 5.74) is 7.76. The Labute approximate surface area is 124 Å². The normalized spacial score (nSPS) is 28.9. The molecule has 3 unspecified atom stereocenters. The summed E-state index contributed by atoms with van der Waals surface area (Å²) in [7, 11) is 2.10. The molecule has 2 bridgehead atoms. The number of rotatable bonds is 3. The molecule has 3 rings (SSSR count). The minimum absolute atomic E-state index is 0.524. The summed E-state index contributed by atoms with van der Waals surface area (Å²) < 4.78 is 0. The highest BCUT2D eigenvalue weighted by Gasteiger charge is 2.39. The number of halogens is 2. The van der Waals surface area contributed by atoms with Gasteiger partial charge in [-0.2, -0.15) is 0 Å². The van der Waals surface area contributed by atoms with Crippen LogP contribution in [0, 0.1) is 17.8 Å². The van der Waals surface area contributed by atoms with Crippen molar-refractivity contribution in [2.45, 2.75) is 25.7 Å². The van der Waals surface area contributed by atoms with Crippen molar-refractivity contribution in [3.63, 3.8) is 0 Å². The van der Waals surface area contributed by atoms with Crippen LogP contribution in [0.2, 0.25) is 10.0 Å². The van der Waals surface area contributed by atoms with Crippen molar-refractivity contribution >= 4 is 34.6 Å². The predicted molar refractivity (Wildman–Crippen MR) is 83.1 cm³/mol. The monoisotopic (exact) mass is 298 g/mol. The number of benzene rings is 1. The third-order valence-electron chi connectivity index (χ3n) is 4.87. The van der Waals surface area contributed by atoms with Gasteiger partial charge in [0.15, 0.2) is 0 Å². The molecule has 1 aromatic rings. The van der Waals surface area contributed by atoms with Gasteiger partial charge in [-0.3, -0.25) is 0 Å². The van der Waals surface area contributed by atoms with Crippen molar-refractivity contribution in [1.29, 1.82) is 0 Å². The van der Waals surface area contributed by atoms with Crippen LogP contribution in [0.4, 0.5) is 11.4 Å². The summed E-state index contributed by atoms with van der Waals surface area (Å²) >= 11 is 12.1. The first-order valence-electron chi connectivity index (χ1n) is 7.00. The van der Waals surface area contributed by atoms with Crippen molar-refractivity contribution in [2.75, 3.05) is 24.2 Å². The van der Waals surface area contributed by atoms with E-state index in [1.807, 2.05) is 6.07 Å². The summed E-state index contributed by atoms with van der Waals surface area (Å²) in [4.78, 5) is 2.24. The standard InChI is InChI=1S/C15H20Cl2N2/c1-19(8-11-5-9-2-3-10(11)4-9)15-7-13(17)12(16)6-14(15)18/h6-7,9-11H,2-5,8,18H2,1H3. The highest BCUT2D eigenvalue weighted by atomic mass is 35.5. The largest absolute Gasteiger partial charge is 0.397 e. The van der Waals surface area contributed by atoms with Gasteiger partial charge in [0.25, 0.3) is 0 Å². The molecule has 2 aliphatic rings. The molecule has 19 heavy (non-hydrogen) atoms. The van der Waals surface area contributed by atoms with E-state index in [0.29, 0.717) is 15.7 Å². The average molecular weight is 299 g/mol. The number of hydrogen-bond donors (Lipinski definition) is 1. The van der Waals surface area contributed by atoms with Crippen LogP contribution in [0.25, 0.3) is 0 Å². The Bertz CT molecular complexity index is 489. The topological polar surface area (TPSA) is 29.3 Å². The fraction of sp³-hybridized carbons (Fsp3) is 0.600. The van der Waals surface area contributed by atoms with E-state index in [9.17, 15) is 0 Å². The Balaban J connectivity index is 1.73. The second kappa shape index (κ2) is 5.06. The summed E-state index contributed by atoms with van der Waals surface area (Å²) in [6.07, 6.45) is 5.69. The first-order valence-corrected chi connectivity index (χ1v) is 7.76. The number of hydrogen-bond acceptors (Lipinski definition) is 2. The Hall–Kier alpha value is -0.600. The van der Waals surface area contributed by atoms with Crippen LogP contribution in [0.1, 0.15) is 25.7 Å². The van der Waals surface area contributed by atoms with Crippen molar-refractivity contribution in [3.8, 4) is 0 Å². The van der Waals surface area contributed by atoms with Gasteiger partial charge in [-0.25, -0.2) is 0 Å². The van der Waals surface area contributed by atoms with E-state index in [0.717, 1.165) is 30.0 Å². The van der Waals surface area contributed by atoms with Gasteiger partial charge in [0.2, 0.25) is 0 Å². The van der Waals surface area contributed by atoms with Gasteiger partial charge in [0.05, 0.1) is 21.4 Å². The van der Waals surface area contributed by atoms with Crippen LogP contribution >= 0.6 is 23.2 Å². The summed E-state index contributed by atoms with van der Waals surface area (Å²) in [5.74, 6) is 2.73. The van der Waals surface area contributed by atoms with E-state index in [-0.39, 0.29) is 0 Å². The Morgan fingerprint density at radius 1 is 1.21 bits per heavy atom. The van der Waals surface area contributed by atoms with E-state index in [4.69, 9.17) is 28.9 Å². The quantitative estimate of drug-likeness (QED) is 0.836. The number of nitrogens with zero attached hydrogens (tertiary/aromatic N) is 1. The fourth-order valence-electron chi connectivity index (χ4n) is 3.93. The molecule has 0 saturated heterocycles. The van der Waals surface area contributed by atoms with Gasteiger partial charge in [-0.1, -0.05) is 29.6 Å². The van der Waals surface area contributed by atoms with Crippen LogP contribution in [0.15, 0.2) is 12.1 Å². The zero-order valence-electron chi connectivity index (χ0n) is 11.2. The van der Waals surface area contributed by atoms with E-state index in [1.165, 1.54) is 25.7 Å². The maximum atomic E-state index is 6.10. The zero-order chi connectivity index (χ0) is 13.6. The van der Waals surface area contributed by atoms with Crippen LogP contribution in [0.3, 0.4) is 0 Å². The molecule has 104 valence electrons. The summed E-state index contributed by atoms with van der Waals surface area (Å²) in [6.45, 7) is 1.07. The molecule has 0 aromatic heterocycles. The Morgan fingerprint density at radius 2 is 1.95 bits per heavy atom. The molecule has 2 saturated carbocycles. The smallest absolute Gasteiger partial charge is 0.0614 e. The second-order valence-corrected chi connectivity index (χ2v) is 6.95. The molecule has 3 atom stereocenters. The molecular formula is C15H20Cl2N2. The van der Waals surface area contributed by atoms with Crippen LogP contribution in [-0.4, -0.2) is 13.6 Å². The third kappa shape index (κ3) is 2.53. The molecule has 0 radical (unpaired) electrons. The number of anilines is 2. The number of fused-ring (bicyclic) bond motifs is 2. The molecule has 0 amide bonds. The van der Waals surface area contributed by atoms with Gasteiger partial charge in [0, 0.05) is 13.6 Å². The highest BCUT2D eigenvalue weighted by Crippen LogP contribution is 2.48. The minimum Gasteiger partial charge on any atom is -0.397 e. The third-order valence-corrected chi connectivity index (χ3v) is 5.60. The first kappa shape index (κ1) is 13.4. The van der Waals surface area contributed by atoms with E-state index >= 15 is 0 Å². The van der Waals surface area contributed by atoms with Gasteiger partial charge < -0.3 is 10.6 Å². The highest BCUT2D eigenvalue weighted by molar-refractivity contribution is 6.42. The lowest BCUT2D eigenvalue weighted by molar-refractivity contribution is 0.337. The molecular weight excluding hydrogens is 279 g/mol. The van der Waals surface area contributed by atoms with Crippen LogP contribution in [0.5, 0.6) is 0 Å². The summed E-state index contributed by atoms with van der Waals surface area (Å²) in [5, 5.41) is 1.10. The molecule has 1 aromatic carbocycles. The van der Waals surface area contributed by atoms with Crippen molar-refractivity contribution in [1.82, 2.24) is 0 Å². The molecule has 2 nitrogen and oxygen atoms in total. The first-order chi connectivity index (χ1) is 9.04. The fourth-order valence-corrected chi connectivity index (χ4v) is 4.26. The zero-order valence-corrected chi connectivity index (χ0v) is 12.7. The Morgan fingerprint density at radius 3 is 2.58 bits per heavy atom. The maximum Gasteiger partial charge on any atom is 0.0614 e. The molecule has 0 spiro atoms. The van der Waals surface area contributed by atoms with Crippen molar-refractivity contribution < 1.29 is 0 Å². The predicted octanol–water partition coefficient (Wildman–Crippen LogP) is 4.45. The van der Waals surface area contributed by atoms with Crippen molar-refractivity contribution in [3.05, 3.63) is 22.2 Å². The second-order valence-electron chi connectivity index (χ2n) is 6.14. The summed E-state index contributed by atoms with van der Waals surface area (Å²) in [6, 6.07) is 3.63. The maximum absolute atomic E-state index is 6.10. The van der Waals surface area contributed by atoms with Crippen LogP contribution < -0.4 is 10.6 Å². The number of nitrogens with two attached hydrogens (primary N) is 1. The molecule has 2 aliphatic carbocycles. The lowest BCUT2D eigenvalue weighted by Gasteiger charge is -2.29. The molecule has 2 fully saturated rings. The van der Waals surface area contributed by atoms with Gasteiger partial charge in [-0.15, -0.1) is 0 Å². The molecule has 2 N–H and O–H groups in total. The van der Waals surface area contributed by atoms with Gasteiger partial charge >= 0.3 is 0 Å². The van der Waals surface area contributed by atoms with Gasteiger partial charge in [-0.05, 0) is 49.1 Å². The van der Waals surface area contributed by atoms with E-state index in [1.54, 1.807) is 6.07 Å². The van der Waals surface area contributed by atoms with Crippen LogP contribution in [-0.2, 0) is 0 Å². The average Bonchev–Trinajstić information content (AvgIpc) is 2.95. The van der Waals surface area contributed by atoms with Crippen molar-refractivity contribution in [2.24, 2.45) is 17.8 Å². The lowest BCUT2D eigenvalue weighted by atomic mass is 9.88. The van der Waals surface area contributed by atoms with E-state index < -0.39 is 0 Å². The van der Waals surface area contributed by atoms with Gasteiger partial charge in [0.1, 0.15) is 0 Å². The SMILES string of the molecule is CN(CC1CC2CCC1C2)c1cc(Cl)c(Cl)cc1N. The molecule has 0 heterocycles. The van der Waals surface area contributed by atoms with E-state index in [2.05, 4.69) is 11.9 Å². The minimum atomic E-state index is 0.524.